The Morgan fingerprint density at radius 1 is 0.282 bits per heavy atom. The second-order valence-electron chi connectivity index (χ2n) is 13.5. The zero-order chi connectivity index (χ0) is 23.9. The molecular weight excluding hydrogens is 905 g/mol. The van der Waals surface area contributed by atoms with Gasteiger partial charge in [-0.15, -0.1) is 0 Å². The van der Waals surface area contributed by atoms with Gasteiger partial charge in [0, 0.05) is 72.2 Å². The van der Waals surface area contributed by atoms with Crippen LogP contribution in [0, 0.1) is 78.5 Å². The first-order valence-corrected chi connectivity index (χ1v) is 15.2. The van der Waals surface area contributed by atoms with E-state index in [1.54, 1.807) is 0 Å². The molecule has 0 aromatic rings. The summed E-state index contributed by atoms with van der Waals surface area (Å²) in [6, 6.07) is 0. The Balaban J connectivity index is -0.0000000533. The molecule has 0 spiro atoms. The summed E-state index contributed by atoms with van der Waals surface area (Å²) in [6.45, 7) is 18.9. The predicted octanol–water partition coefficient (Wildman–Crippen LogP) is 14.1. The van der Waals surface area contributed by atoms with Crippen molar-refractivity contribution in [2.75, 3.05) is 0 Å². The molecule has 4 saturated carbocycles. The first-order valence-electron chi connectivity index (χ1n) is 15.2. The molecular formula is C36H82UVW. The van der Waals surface area contributed by atoms with Gasteiger partial charge in [-0.25, -0.2) is 0 Å². The van der Waals surface area contributed by atoms with Crippen LogP contribution in [0.5, 0.6) is 0 Å². The monoisotopic (exact) mass is 990 g/mol. The maximum Gasteiger partial charge on any atom is 0 e. The van der Waals surface area contributed by atoms with E-state index in [0.29, 0.717) is 0 Å². The van der Waals surface area contributed by atoms with Gasteiger partial charge in [0.15, 0.2) is 0 Å². The summed E-state index contributed by atoms with van der Waals surface area (Å²) in [5.74, 6) is 8.16. The molecule has 3 heteroatoms. The molecule has 0 aromatic heterocycles. The Hall–Kier alpha value is 2.32. The third-order valence-electron chi connectivity index (χ3n) is 9.22. The summed E-state index contributed by atoms with van der Waals surface area (Å²) < 4.78 is 0. The van der Waals surface area contributed by atoms with Crippen LogP contribution < -0.4 is 0 Å². The number of hydrogen-bond acceptors (Lipinski definition) is 0. The molecule has 0 unspecified atom stereocenters. The fourth-order valence-corrected chi connectivity index (χ4v) is 5.71. The molecule has 1 radical (unpaired) electrons. The van der Waals surface area contributed by atoms with Crippen LogP contribution in [0.25, 0.3) is 0 Å². The first-order chi connectivity index (χ1) is 15.2. The van der Waals surface area contributed by atoms with E-state index >= 15 is 0 Å². The maximum absolute atomic E-state index is 2.37. The van der Waals surface area contributed by atoms with Crippen LogP contribution in [0.1, 0.15) is 189 Å². The third kappa shape index (κ3) is 33.1. The molecule has 4 aliphatic rings. The van der Waals surface area contributed by atoms with E-state index in [2.05, 4.69) is 55.4 Å². The van der Waals surface area contributed by atoms with Gasteiger partial charge in [-0.05, 0) is 47.3 Å². The van der Waals surface area contributed by atoms with Crippen LogP contribution in [-0.2, 0) is 39.6 Å². The molecule has 39 heavy (non-hydrogen) atoms. The van der Waals surface area contributed by atoms with Gasteiger partial charge in [0.1, 0.15) is 0 Å². The van der Waals surface area contributed by atoms with Gasteiger partial charge in [-0.3, -0.25) is 0 Å². The molecule has 241 valence electrons. The molecule has 0 aliphatic heterocycles. The van der Waals surface area contributed by atoms with Gasteiger partial charge in [0.25, 0.3) is 0 Å². The van der Waals surface area contributed by atoms with Crippen molar-refractivity contribution in [3.05, 3.63) is 0 Å². The van der Waals surface area contributed by atoms with E-state index in [0.717, 1.165) is 47.3 Å². The van der Waals surface area contributed by atoms with E-state index in [4.69, 9.17) is 0 Å². The Bertz CT molecular complexity index is 301. The van der Waals surface area contributed by atoms with Crippen molar-refractivity contribution < 1.29 is 72.2 Å². The molecule has 4 aliphatic carbocycles. The predicted molar refractivity (Wildman–Crippen MR) is 176 cm³/mol. The van der Waals surface area contributed by atoms with Crippen LogP contribution >= 0.6 is 0 Å². The van der Waals surface area contributed by atoms with Gasteiger partial charge in [-0.2, -0.15) is 0 Å². The smallest absolute Gasteiger partial charge is 0 e. The molecule has 0 amide bonds. The van der Waals surface area contributed by atoms with Crippen molar-refractivity contribution in [1.82, 2.24) is 0 Å². The quantitative estimate of drug-likeness (QED) is 0.227. The molecule has 4 fully saturated rings. The van der Waals surface area contributed by atoms with Crippen LogP contribution in [0.4, 0.5) is 0 Å². The van der Waals surface area contributed by atoms with Crippen molar-refractivity contribution >= 4 is 0 Å². The Morgan fingerprint density at radius 2 is 0.333 bits per heavy atom. The van der Waals surface area contributed by atoms with Gasteiger partial charge >= 0.3 is 0 Å². The average molecular weight is 990 g/mol. The largest absolute Gasteiger partial charge is 0.0776 e. The van der Waals surface area contributed by atoms with Crippen molar-refractivity contribution in [2.24, 2.45) is 47.3 Å². The average Bonchev–Trinajstić information content (AvgIpc) is 2.78. The SMILES string of the molecule is C.C.C.C.CC1CCC(C)CC1.CC1CCC(C)CC1.CC1CCC(C)CC1.CC1CCC(C)CC1.[3HH].[U].[V].[W]. The summed E-state index contributed by atoms with van der Waals surface area (Å²) in [5, 5.41) is 0. The molecule has 0 atom stereocenters. The van der Waals surface area contributed by atoms with E-state index in [-0.39, 0.29) is 102 Å². The Kier molecular flexibility index (Phi) is 50.9. The molecule has 0 aromatic carbocycles. The molecule has 4 rings (SSSR count). The van der Waals surface area contributed by atoms with Crippen molar-refractivity contribution in [3.63, 3.8) is 0 Å². The summed E-state index contributed by atoms with van der Waals surface area (Å²) in [7, 11) is 0. The summed E-state index contributed by atoms with van der Waals surface area (Å²) >= 11 is 0. The Morgan fingerprint density at radius 3 is 0.385 bits per heavy atom. The van der Waals surface area contributed by atoms with E-state index in [1.807, 2.05) is 0 Å². The van der Waals surface area contributed by atoms with Gasteiger partial charge in [-0.1, -0.05) is 188 Å². The minimum Gasteiger partial charge on any atom is -0.0776 e. The molecule has 0 bridgehead atoms. The second kappa shape index (κ2) is 34.8. The van der Waals surface area contributed by atoms with Gasteiger partial charge < -0.3 is 0 Å². The fraction of sp³-hybridized carbons (Fsp3) is 1.00. The van der Waals surface area contributed by atoms with Crippen LogP contribution in [0.15, 0.2) is 0 Å². The van der Waals surface area contributed by atoms with E-state index < -0.39 is 0 Å². The molecule has 0 nitrogen and oxygen atoms in total. The first kappa shape index (κ1) is 57.0. The standard InChI is InChI=1S/4C8H16.4CH4.U.V.W.H2/c4*1-7-3-5-8(2)6-4-7;;;;;;;;/h4*7-8H,3-6H2,1-2H3;4*1H4;;;;1H/i;;;;;;;;;;;1+2. The van der Waals surface area contributed by atoms with E-state index in [1.165, 1.54) is 103 Å². The minimum atomic E-state index is 0. The Labute approximate surface area is 304 Å². The minimum absolute atomic E-state index is 0. The fourth-order valence-electron chi connectivity index (χ4n) is 5.71. The zero-order valence-corrected chi connectivity index (χ0v) is 33.8. The summed E-state index contributed by atoms with van der Waals surface area (Å²) in [5.41, 5.74) is 0. The van der Waals surface area contributed by atoms with Crippen molar-refractivity contribution in [2.45, 2.75) is 188 Å². The van der Waals surface area contributed by atoms with Crippen molar-refractivity contribution in [1.29, 1.82) is 0 Å². The van der Waals surface area contributed by atoms with E-state index in [9.17, 15) is 0 Å². The second-order valence-corrected chi connectivity index (χ2v) is 13.5. The summed E-state index contributed by atoms with van der Waals surface area (Å²) in [4.78, 5) is 0. The summed E-state index contributed by atoms with van der Waals surface area (Å²) in [6.07, 6.45) is 23.6. The molecule has 0 heterocycles. The topological polar surface area (TPSA) is 0 Å². The van der Waals surface area contributed by atoms with Crippen LogP contribution in [-0.4, -0.2) is 0 Å². The molecule has 0 N–H and O–H groups in total. The van der Waals surface area contributed by atoms with Crippen LogP contribution in [0.2, 0.25) is 0 Å². The number of rotatable bonds is 0. The van der Waals surface area contributed by atoms with Crippen LogP contribution in [0.3, 0.4) is 0 Å². The van der Waals surface area contributed by atoms with Gasteiger partial charge in [0.05, 0.1) is 0 Å². The van der Waals surface area contributed by atoms with Gasteiger partial charge in [0.2, 0.25) is 0 Å². The van der Waals surface area contributed by atoms with Crippen molar-refractivity contribution in [3.8, 4) is 0 Å². The zero-order valence-electron chi connectivity index (χ0n) is 25.3. The maximum atomic E-state index is 2.37. The normalized spacial score (nSPS) is 32.6. The third-order valence-corrected chi connectivity index (χ3v) is 9.22. The number of hydrogen-bond donors (Lipinski definition) is 0. The molecule has 0 saturated heterocycles.